The molecule has 1 aromatic carbocycles. The summed E-state index contributed by atoms with van der Waals surface area (Å²) in [7, 11) is 2.16. The molecule has 78 valence electrons. The van der Waals surface area contributed by atoms with Crippen molar-refractivity contribution in [3.63, 3.8) is 0 Å². The second kappa shape index (κ2) is 6.44. The highest BCUT2D eigenvalue weighted by atomic mass is 15.1. The fraction of sp³-hybridized carbons (Fsp3) is 0.500. The summed E-state index contributed by atoms with van der Waals surface area (Å²) in [4.78, 5) is 2.33. The van der Waals surface area contributed by atoms with Crippen molar-refractivity contribution in [2.75, 3.05) is 32.0 Å². The van der Waals surface area contributed by atoms with Crippen LogP contribution in [0, 0.1) is 0 Å². The minimum absolute atomic E-state index is 1.05. The highest BCUT2D eigenvalue weighted by molar-refractivity contribution is 5.42. The Morgan fingerprint density at radius 3 is 2.57 bits per heavy atom. The van der Waals surface area contributed by atoms with Gasteiger partial charge in [-0.05, 0) is 38.7 Å². The first-order chi connectivity index (χ1) is 6.83. The first-order valence-electron chi connectivity index (χ1n) is 5.30. The number of para-hydroxylation sites is 1. The molecular weight excluding hydrogens is 172 g/mol. The Morgan fingerprint density at radius 1 is 1.21 bits per heavy atom. The number of anilines is 1. The zero-order valence-corrected chi connectivity index (χ0v) is 9.16. The lowest BCUT2D eigenvalue weighted by atomic mass is 10.3. The van der Waals surface area contributed by atoms with Crippen LogP contribution >= 0.6 is 0 Å². The third kappa shape index (κ3) is 4.28. The topological polar surface area (TPSA) is 15.3 Å². The van der Waals surface area contributed by atoms with Gasteiger partial charge < -0.3 is 10.2 Å². The zero-order valence-electron chi connectivity index (χ0n) is 9.16. The maximum atomic E-state index is 3.40. The third-order valence-corrected chi connectivity index (χ3v) is 2.36. The van der Waals surface area contributed by atoms with Crippen LogP contribution < -0.4 is 5.32 Å². The average molecular weight is 192 g/mol. The summed E-state index contributed by atoms with van der Waals surface area (Å²) >= 11 is 0. The maximum absolute atomic E-state index is 3.40. The van der Waals surface area contributed by atoms with Gasteiger partial charge in [-0.3, -0.25) is 0 Å². The lowest BCUT2D eigenvalue weighted by Crippen LogP contribution is -2.20. The van der Waals surface area contributed by atoms with Crippen molar-refractivity contribution in [2.45, 2.75) is 13.3 Å². The molecule has 0 fully saturated rings. The van der Waals surface area contributed by atoms with E-state index in [0.29, 0.717) is 0 Å². The van der Waals surface area contributed by atoms with Gasteiger partial charge in [0.05, 0.1) is 0 Å². The number of hydrogen-bond donors (Lipinski definition) is 1. The van der Waals surface area contributed by atoms with Gasteiger partial charge in [0.1, 0.15) is 0 Å². The zero-order chi connectivity index (χ0) is 10.2. The summed E-state index contributed by atoms with van der Waals surface area (Å²) in [6.45, 7) is 5.53. The van der Waals surface area contributed by atoms with Crippen LogP contribution in [0.1, 0.15) is 13.3 Å². The number of rotatable bonds is 6. The molecule has 0 bridgehead atoms. The normalized spacial score (nSPS) is 10.5. The quantitative estimate of drug-likeness (QED) is 0.696. The van der Waals surface area contributed by atoms with Crippen LogP contribution in [0.3, 0.4) is 0 Å². The predicted molar refractivity (Wildman–Crippen MR) is 62.7 cm³/mol. The van der Waals surface area contributed by atoms with E-state index < -0.39 is 0 Å². The van der Waals surface area contributed by atoms with Crippen LogP contribution in [0.2, 0.25) is 0 Å². The van der Waals surface area contributed by atoms with Gasteiger partial charge in [0.2, 0.25) is 0 Å². The van der Waals surface area contributed by atoms with Gasteiger partial charge in [0.15, 0.2) is 0 Å². The van der Waals surface area contributed by atoms with Gasteiger partial charge in [0, 0.05) is 12.2 Å². The average Bonchev–Trinajstić information content (AvgIpc) is 2.25. The second-order valence-electron chi connectivity index (χ2n) is 3.54. The molecule has 0 aliphatic rings. The van der Waals surface area contributed by atoms with Gasteiger partial charge in [-0.2, -0.15) is 0 Å². The molecule has 0 amide bonds. The van der Waals surface area contributed by atoms with Gasteiger partial charge >= 0.3 is 0 Å². The summed E-state index contributed by atoms with van der Waals surface area (Å²) in [5.74, 6) is 0. The fourth-order valence-electron chi connectivity index (χ4n) is 1.30. The number of hydrogen-bond acceptors (Lipinski definition) is 2. The molecule has 0 aromatic heterocycles. The number of nitrogens with zero attached hydrogens (tertiary/aromatic N) is 1. The molecule has 14 heavy (non-hydrogen) atoms. The van der Waals surface area contributed by atoms with Crippen molar-refractivity contribution >= 4 is 5.69 Å². The molecule has 0 aliphatic carbocycles. The van der Waals surface area contributed by atoms with Gasteiger partial charge in [-0.15, -0.1) is 0 Å². The summed E-state index contributed by atoms with van der Waals surface area (Å²) < 4.78 is 0. The van der Waals surface area contributed by atoms with Crippen molar-refractivity contribution in [2.24, 2.45) is 0 Å². The molecule has 0 aliphatic heterocycles. The first kappa shape index (κ1) is 11.1. The highest BCUT2D eigenvalue weighted by Crippen LogP contribution is 2.04. The van der Waals surface area contributed by atoms with Crippen molar-refractivity contribution in [1.29, 1.82) is 0 Å². The van der Waals surface area contributed by atoms with Crippen LogP contribution in [-0.4, -0.2) is 31.6 Å². The van der Waals surface area contributed by atoms with Crippen molar-refractivity contribution < 1.29 is 0 Å². The van der Waals surface area contributed by atoms with Crippen LogP contribution in [0.15, 0.2) is 30.3 Å². The van der Waals surface area contributed by atoms with Crippen LogP contribution in [0.4, 0.5) is 5.69 Å². The van der Waals surface area contributed by atoms with Gasteiger partial charge in [-0.25, -0.2) is 0 Å². The Balaban J connectivity index is 2.10. The van der Waals surface area contributed by atoms with Gasteiger partial charge in [0.25, 0.3) is 0 Å². The van der Waals surface area contributed by atoms with Crippen molar-refractivity contribution in [3.05, 3.63) is 30.3 Å². The smallest absolute Gasteiger partial charge is 0.0340 e. The van der Waals surface area contributed by atoms with Crippen LogP contribution in [-0.2, 0) is 0 Å². The molecule has 0 saturated carbocycles. The SMILES string of the molecule is CCN(C)CCCNc1ccccc1. The standard InChI is InChI=1S/C12H20N2/c1-3-14(2)11-7-10-13-12-8-5-4-6-9-12/h4-6,8-9,13H,3,7,10-11H2,1-2H3. The molecule has 1 rings (SSSR count). The Bertz CT molecular complexity index is 233. The molecule has 0 saturated heterocycles. The maximum Gasteiger partial charge on any atom is 0.0340 e. The summed E-state index contributed by atoms with van der Waals surface area (Å²) in [5.41, 5.74) is 1.21. The second-order valence-corrected chi connectivity index (χ2v) is 3.54. The van der Waals surface area contributed by atoms with E-state index in [4.69, 9.17) is 0 Å². The van der Waals surface area contributed by atoms with E-state index in [2.05, 4.69) is 48.5 Å². The molecule has 0 spiro atoms. The Hall–Kier alpha value is -1.02. The molecule has 0 atom stereocenters. The van der Waals surface area contributed by atoms with Crippen LogP contribution in [0.5, 0.6) is 0 Å². The predicted octanol–water partition coefficient (Wildman–Crippen LogP) is 2.44. The van der Waals surface area contributed by atoms with Crippen molar-refractivity contribution in [1.82, 2.24) is 4.90 Å². The minimum atomic E-state index is 1.05. The first-order valence-corrected chi connectivity index (χ1v) is 5.30. The molecule has 0 heterocycles. The molecule has 0 radical (unpaired) electrons. The van der Waals surface area contributed by atoms with E-state index in [1.54, 1.807) is 0 Å². The van der Waals surface area contributed by atoms with E-state index in [9.17, 15) is 0 Å². The van der Waals surface area contributed by atoms with Crippen LogP contribution in [0.25, 0.3) is 0 Å². The Kier molecular flexibility index (Phi) is 5.08. The largest absolute Gasteiger partial charge is 0.385 e. The molecule has 2 nitrogen and oxygen atoms in total. The van der Waals surface area contributed by atoms with E-state index in [0.717, 1.165) is 19.6 Å². The highest BCUT2D eigenvalue weighted by Gasteiger charge is 1.93. The lowest BCUT2D eigenvalue weighted by molar-refractivity contribution is 0.351. The molecule has 0 unspecified atom stereocenters. The van der Waals surface area contributed by atoms with E-state index in [1.807, 2.05) is 6.07 Å². The van der Waals surface area contributed by atoms with Crippen molar-refractivity contribution in [3.8, 4) is 0 Å². The van der Waals surface area contributed by atoms with E-state index >= 15 is 0 Å². The molecule has 2 heteroatoms. The number of benzene rings is 1. The Labute approximate surface area is 86.9 Å². The third-order valence-electron chi connectivity index (χ3n) is 2.36. The molecule has 1 N–H and O–H groups in total. The van der Waals surface area contributed by atoms with E-state index in [1.165, 1.54) is 12.1 Å². The molecular formula is C12H20N2. The Morgan fingerprint density at radius 2 is 1.93 bits per heavy atom. The van der Waals surface area contributed by atoms with Gasteiger partial charge in [-0.1, -0.05) is 25.1 Å². The summed E-state index contributed by atoms with van der Waals surface area (Å²) in [6.07, 6.45) is 1.19. The monoisotopic (exact) mass is 192 g/mol. The number of nitrogens with one attached hydrogen (secondary N) is 1. The fourth-order valence-corrected chi connectivity index (χ4v) is 1.30. The summed E-state index contributed by atoms with van der Waals surface area (Å²) in [5, 5.41) is 3.40. The molecule has 1 aromatic rings. The lowest BCUT2D eigenvalue weighted by Gasteiger charge is -2.13. The van der Waals surface area contributed by atoms with E-state index in [-0.39, 0.29) is 0 Å². The summed E-state index contributed by atoms with van der Waals surface area (Å²) in [6, 6.07) is 10.4. The minimum Gasteiger partial charge on any atom is -0.385 e.